The predicted molar refractivity (Wildman–Crippen MR) is 289 cm³/mol. The molecular weight excluding hydrogens is 816 g/mol. The van der Waals surface area contributed by atoms with Gasteiger partial charge >= 0.3 is 0 Å². The van der Waals surface area contributed by atoms with Gasteiger partial charge in [-0.2, -0.15) is 0 Å². The molecule has 12 rings (SSSR count). The van der Waals surface area contributed by atoms with Crippen molar-refractivity contribution in [2.45, 2.75) is 168 Å². The summed E-state index contributed by atoms with van der Waals surface area (Å²) in [6.45, 7) is 37.0. The molecule has 0 atom stereocenters. The summed E-state index contributed by atoms with van der Waals surface area (Å²) in [6, 6.07) is 35.0. The molecule has 0 unspecified atom stereocenters. The normalized spacial score (nSPS) is 20.7. The van der Waals surface area contributed by atoms with Crippen LogP contribution in [0.4, 0.5) is 34.1 Å². The van der Waals surface area contributed by atoms with Crippen molar-refractivity contribution in [1.29, 1.82) is 0 Å². The zero-order valence-electron chi connectivity index (χ0n) is 42.5. The second-order valence-electron chi connectivity index (χ2n) is 25.6. The van der Waals surface area contributed by atoms with Gasteiger partial charge in [0, 0.05) is 43.9 Å². The number of aryl methyl sites for hydroxylation is 3. The molecule has 2 nitrogen and oxygen atoms in total. The van der Waals surface area contributed by atoms with E-state index in [-0.39, 0.29) is 39.2 Å². The molecule has 3 aliphatic carbocycles. The molecule has 0 bridgehead atoms. The number of anilines is 6. The van der Waals surface area contributed by atoms with Crippen molar-refractivity contribution in [1.82, 2.24) is 0 Å². The van der Waals surface area contributed by atoms with Crippen LogP contribution in [0.15, 0.2) is 84.9 Å². The highest BCUT2D eigenvalue weighted by Crippen LogP contribution is 2.57. The molecule has 6 aromatic carbocycles. The lowest BCUT2D eigenvalue weighted by Crippen LogP contribution is -2.61. The highest BCUT2D eigenvalue weighted by Gasteiger charge is 2.50. The number of hydrogen-bond acceptors (Lipinski definition) is 3. The molecule has 0 N–H and O–H groups in total. The topological polar surface area (TPSA) is 6.48 Å². The maximum absolute atomic E-state index is 2.76. The number of benzene rings is 6. The Labute approximate surface area is 399 Å². The first-order chi connectivity index (χ1) is 30.9. The van der Waals surface area contributed by atoms with E-state index in [9.17, 15) is 0 Å². The molecule has 0 saturated heterocycles. The summed E-state index contributed by atoms with van der Waals surface area (Å²) in [4.78, 5) is 5.51. The Morgan fingerprint density at radius 1 is 0.439 bits per heavy atom. The Hall–Kier alpha value is -4.80. The van der Waals surface area contributed by atoms with Crippen LogP contribution in [0.5, 0.6) is 0 Å². The van der Waals surface area contributed by atoms with Crippen LogP contribution in [0.25, 0.3) is 20.2 Å². The molecule has 0 amide bonds. The molecular formula is C62H69BN2S. The minimum absolute atomic E-state index is 0.0608. The molecule has 7 aromatic rings. The summed E-state index contributed by atoms with van der Waals surface area (Å²) in [5.74, 6) is 0. The van der Waals surface area contributed by atoms with Gasteiger partial charge in [-0.15, -0.1) is 11.3 Å². The van der Waals surface area contributed by atoms with E-state index in [0.29, 0.717) is 0 Å². The van der Waals surface area contributed by atoms with Crippen molar-refractivity contribution < 1.29 is 0 Å². The first-order valence-electron chi connectivity index (χ1n) is 25.1. The van der Waals surface area contributed by atoms with Gasteiger partial charge in [0.25, 0.3) is 6.71 Å². The van der Waals surface area contributed by atoms with E-state index < -0.39 is 0 Å². The molecule has 5 aliphatic rings. The monoisotopic (exact) mass is 885 g/mol. The molecule has 1 aromatic heterocycles. The number of thiophene rings is 1. The van der Waals surface area contributed by atoms with E-state index in [0.717, 1.165) is 6.42 Å². The molecule has 3 heterocycles. The number of rotatable bonds is 2. The zero-order valence-corrected chi connectivity index (χ0v) is 43.3. The van der Waals surface area contributed by atoms with Crippen LogP contribution >= 0.6 is 11.3 Å². The molecule has 66 heavy (non-hydrogen) atoms. The third-order valence-corrected chi connectivity index (χ3v) is 19.2. The standard InChI is InChI=1S/C62H69BN2S/c1-35-26-51-54-52(27-35)65(49-32-44-41(29-37(49)3)58(6,7)23-25-60(44,10)11)55-46(21-20-39-38-18-16-17-19-53(38)66-56(39)55)63(54)47-30-42-45(62(14,15)34-61(42,12)13)33-50(47)64(51)48-31-43-40(28-36(48)2)57(4,5)22-24-59(43,8)9/h16-21,26-33H,22-25,34H2,1-15H3. The maximum Gasteiger partial charge on any atom is 0.252 e. The Morgan fingerprint density at radius 3 is 1.48 bits per heavy atom. The largest absolute Gasteiger partial charge is 0.311 e. The van der Waals surface area contributed by atoms with Gasteiger partial charge in [0.1, 0.15) is 0 Å². The van der Waals surface area contributed by atoms with Gasteiger partial charge in [-0.3, -0.25) is 0 Å². The van der Waals surface area contributed by atoms with Crippen molar-refractivity contribution in [2.75, 3.05) is 9.80 Å². The lowest BCUT2D eigenvalue weighted by Gasteiger charge is -2.47. The van der Waals surface area contributed by atoms with Gasteiger partial charge < -0.3 is 9.80 Å². The fourth-order valence-electron chi connectivity index (χ4n) is 14.3. The summed E-state index contributed by atoms with van der Waals surface area (Å²) >= 11 is 1.98. The van der Waals surface area contributed by atoms with E-state index in [1.807, 2.05) is 11.3 Å². The third-order valence-electron chi connectivity index (χ3n) is 18.0. The Bertz CT molecular complexity index is 3300. The second kappa shape index (κ2) is 13.2. The van der Waals surface area contributed by atoms with Crippen molar-refractivity contribution in [3.8, 4) is 0 Å². The third kappa shape index (κ3) is 5.72. The fourth-order valence-corrected chi connectivity index (χ4v) is 15.5. The van der Waals surface area contributed by atoms with Crippen LogP contribution in [0.3, 0.4) is 0 Å². The van der Waals surface area contributed by atoms with E-state index in [1.165, 1.54) is 146 Å². The van der Waals surface area contributed by atoms with Crippen LogP contribution in [0.1, 0.15) is 165 Å². The van der Waals surface area contributed by atoms with Gasteiger partial charge in [0.05, 0.1) is 10.4 Å². The molecule has 0 fully saturated rings. The minimum atomic E-state index is 0.0608. The smallest absolute Gasteiger partial charge is 0.252 e. The van der Waals surface area contributed by atoms with Gasteiger partial charge in [0.15, 0.2) is 0 Å². The molecule has 0 spiro atoms. The first-order valence-corrected chi connectivity index (χ1v) is 25.9. The molecule has 4 heteroatoms. The lowest BCUT2D eigenvalue weighted by molar-refractivity contribution is 0.332. The van der Waals surface area contributed by atoms with E-state index in [1.54, 1.807) is 0 Å². The number of hydrogen-bond donors (Lipinski definition) is 0. The van der Waals surface area contributed by atoms with E-state index in [4.69, 9.17) is 0 Å². The van der Waals surface area contributed by atoms with E-state index in [2.05, 4.69) is 199 Å². The highest BCUT2D eigenvalue weighted by atomic mass is 32.1. The lowest BCUT2D eigenvalue weighted by atomic mass is 9.33. The van der Waals surface area contributed by atoms with Gasteiger partial charge in [-0.25, -0.2) is 0 Å². The van der Waals surface area contributed by atoms with Crippen molar-refractivity contribution in [3.63, 3.8) is 0 Å². The highest BCUT2D eigenvalue weighted by molar-refractivity contribution is 7.26. The zero-order chi connectivity index (χ0) is 46.6. The average Bonchev–Trinajstić information content (AvgIpc) is 3.70. The summed E-state index contributed by atoms with van der Waals surface area (Å²) in [7, 11) is 0. The van der Waals surface area contributed by atoms with Crippen LogP contribution < -0.4 is 26.2 Å². The quantitative estimate of drug-likeness (QED) is 0.160. The second-order valence-corrected chi connectivity index (χ2v) is 26.7. The van der Waals surface area contributed by atoms with Gasteiger partial charge in [-0.05, 0) is 188 Å². The van der Waals surface area contributed by atoms with Gasteiger partial charge in [-0.1, -0.05) is 132 Å². The first kappa shape index (κ1) is 42.6. The van der Waals surface area contributed by atoms with Crippen LogP contribution in [0.2, 0.25) is 0 Å². The molecule has 2 aliphatic heterocycles. The number of nitrogens with zero attached hydrogens (tertiary/aromatic N) is 2. The Morgan fingerprint density at radius 2 is 0.909 bits per heavy atom. The van der Waals surface area contributed by atoms with E-state index >= 15 is 0 Å². The minimum Gasteiger partial charge on any atom is -0.311 e. The molecule has 0 radical (unpaired) electrons. The molecule has 336 valence electrons. The Balaban J connectivity index is 1.23. The van der Waals surface area contributed by atoms with Crippen LogP contribution in [0, 0.1) is 20.8 Å². The van der Waals surface area contributed by atoms with Crippen LogP contribution in [-0.4, -0.2) is 6.71 Å². The Kier molecular flexibility index (Phi) is 8.54. The van der Waals surface area contributed by atoms with Crippen LogP contribution in [-0.2, 0) is 32.5 Å². The summed E-state index contributed by atoms with van der Waals surface area (Å²) < 4.78 is 2.74. The van der Waals surface area contributed by atoms with Gasteiger partial charge in [0.2, 0.25) is 0 Å². The maximum atomic E-state index is 2.76. The summed E-state index contributed by atoms with van der Waals surface area (Å²) in [6.07, 6.45) is 5.93. The fraction of sp³-hybridized carbons (Fsp3) is 0.419. The average molecular weight is 885 g/mol. The van der Waals surface area contributed by atoms with Crippen molar-refractivity contribution >= 4 is 88.7 Å². The molecule has 0 saturated carbocycles. The SMILES string of the molecule is Cc1cc2c3c(c1)N(c1cc4c(cc1C)C(C)(C)CCC4(C)C)c1c(ccc4c1sc1ccccc14)B3c1cc3c(cc1N2c1cc2c(cc1C)C(C)(C)CCC2(C)C)C(C)(C)CC3(C)C. The van der Waals surface area contributed by atoms with Crippen molar-refractivity contribution in [3.05, 3.63) is 135 Å². The van der Waals surface area contributed by atoms with Crippen molar-refractivity contribution in [2.24, 2.45) is 0 Å². The number of fused-ring (bicyclic) bond motifs is 11. The predicted octanol–water partition coefficient (Wildman–Crippen LogP) is 15.7. The summed E-state index contributed by atoms with van der Waals surface area (Å²) in [5.41, 5.74) is 26.0. The summed E-state index contributed by atoms with van der Waals surface area (Å²) in [5, 5.41) is 2.71.